The third-order valence-corrected chi connectivity index (χ3v) is 3.03. The van der Waals surface area contributed by atoms with Crippen LogP contribution in [0.25, 0.3) is 17.2 Å². The van der Waals surface area contributed by atoms with Gasteiger partial charge in [-0.05, 0) is 11.1 Å². The first-order chi connectivity index (χ1) is 9.13. The summed E-state index contributed by atoms with van der Waals surface area (Å²) in [6.07, 6.45) is 5.14. The molecule has 0 spiro atoms. The summed E-state index contributed by atoms with van der Waals surface area (Å²) >= 11 is 3.25. The number of aromatic nitrogens is 2. The van der Waals surface area contributed by atoms with Crippen molar-refractivity contribution in [1.82, 2.24) is 4.98 Å². The highest BCUT2D eigenvalue weighted by Gasteiger charge is 2.16. The van der Waals surface area contributed by atoms with Gasteiger partial charge in [0.05, 0.1) is 4.92 Å². The number of rotatable bonds is 2. The lowest BCUT2D eigenvalue weighted by molar-refractivity contribution is -0.516. The molecular formula is C12H7BrN3O3+. The van der Waals surface area contributed by atoms with E-state index in [4.69, 9.17) is 4.42 Å². The molecule has 0 atom stereocenters. The fourth-order valence-corrected chi connectivity index (χ4v) is 2.23. The number of nitro groups is 1. The van der Waals surface area contributed by atoms with E-state index in [1.807, 2.05) is 0 Å². The van der Waals surface area contributed by atoms with Crippen LogP contribution in [0.2, 0.25) is 0 Å². The summed E-state index contributed by atoms with van der Waals surface area (Å²) in [5.41, 5.74) is 0.620. The number of hydrogen-bond acceptors (Lipinski definition) is 4. The van der Waals surface area contributed by atoms with Crippen LogP contribution >= 0.6 is 15.9 Å². The minimum atomic E-state index is -0.442. The first-order valence-electron chi connectivity index (χ1n) is 5.35. The standard InChI is InChI=1S/C12H7BrN3O3/c13-9-4-8(5-10(6-9)16(17)18)11-7-15-3-1-2-14-12(15)19-11/h1-7H/q+1. The second-order valence-electron chi connectivity index (χ2n) is 3.86. The van der Waals surface area contributed by atoms with Gasteiger partial charge in [0.2, 0.25) is 0 Å². The molecular weight excluding hydrogens is 314 g/mol. The summed E-state index contributed by atoms with van der Waals surface area (Å²) in [4.78, 5) is 14.5. The topological polar surface area (TPSA) is 73.3 Å². The summed E-state index contributed by atoms with van der Waals surface area (Å²) in [6, 6.07) is 6.43. The van der Waals surface area contributed by atoms with Gasteiger partial charge in [-0.2, -0.15) is 4.40 Å². The van der Waals surface area contributed by atoms with Crippen LogP contribution in [0.4, 0.5) is 5.69 Å². The number of fused-ring (bicyclic) bond motifs is 1. The highest BCUT2D eigenvalue weighted by molar-refractivity contribution is 9.10. The molecule has 0 aliphatic heterocycles. The summed E-state index contributed by atoms with van der Waals surface area (Å²) in [5, 5.41) is 10.8. The smallest absolute Gasteiger partial charge is 0.384 e. The minimum absolute atomic E-state index is 0.00258. The molecule has 6 nitrogen and oxygen atoms in total. The number of benzene rings is 1. The Labute approximate surface area is 115 Å². The van der Waals surface area contributed by atoms with Gasteiger partial charge in [-0.25, -0.2) is 0 Å². The predicted molar refractivity (Wildman–Crippen MR) is 69.5 cm³/mol. The Morgan fingerprint density at radius 1 is 1.37 bits per heavy atom. The van der Waals surface area contributed by atoms with Gasteiger partial charge in [-0.3, -0.25) is 10.1 Å². The van der Waals surface area contributed by atoms with E-state index < -0.39 is 4.92 Å². The third-order valence-electron chi connectivity index (χ3n) is 2.57. The quantitative estimate of drug-likeness (QED) is 0.413. The van der Waals surface area contributed by atoms with Crippen molar-refractivity contribution in [3.8, 4) is 11.3 Å². The Morgan fingerprint density at radius 2 is 2.21 bits per heavy atom. The van der Waals surface area contributed by atoms with Crippen LogP contribution in [0, 0.1) is 10.1 Å². The highest BCUT2D eigenvalue weighted by atomic mass is 79.9. The van der Waals surface area contributed by atoms with Crippen molar-refractivity contribution in [3.63, 3.8) is 0 Å². The van der Waals surface area contributed by atoms with Crippen molar-refractivity contribution in [1.29, 1.82) is 0 Å². The fraction of sp³-hybridized carbons (Fsp3) is 0. The second kappa shape index (κ2) is 4.43. The monoisotopic (exact) mass is 320 g/mol. The molecule has 0 N–H and O–H groups in total. The first kappa shape index (κ1) is 11.8. The maximum atomic E-state index is 10.8. The molecule has 0 fully saturated rings. The molecule has 0 unspecified atom stereocenters. The normalized spacial score (nSPS) is 10.8. The Hall–Kier alpha value is -2.28. The Balaban J connectivity index is 2.17. The maximum Gasteiger partial charge on any atom is 0.508 e. The van der Waals surface area contributed by atoms with Crippen LogP contribution in [0.1, 0.15) is 0 Å². The number of halogens is 1. The molecule has 0 radical (unpaired) electrons. The molecule has 19 heavy (non-hydrogen) atoms. The van der Waals surface area contributed by atoms with Crippen molar-refractivity contribution < 1.29 is 13.7 Å². The fourth-order valence-electron chi connectivity index (χ4n) is 1.75. The predicted octanol–water partition coefficient (Wildman–Crippen LogP) is 2.75. The number of nitrogens with zero attached hydrogens (tertiary/aromatic N) is 3. The summed E-state index contributed by atoms with van der Waals surface area (Å²) < 4.78 is 7.88. The van der Waals surface area contributed by atoms with E-state index in [2.05, 4.69) is 20.9 Å². The van der Waals surface area contributed by atoms with Crippen molar-refractivity contribution in [2.24, 2.45) is 0 Å². The van der Waals surface area contributed by atoms with E-state index in [0.29, 0.717) is 21.6 Å². The molecule has 0 saturated carbocycles. The lowest BCUT2D eigenvalue weighted by Gasteiger charge is -1.97. The third kappa shape index (κ3) is 2.19. The maximum absolute atomic E-state index is 10.8. The molecule has 2 heterocycles. The summed E-state index contributed by atoms with van der Waals surface area (Å²) in [6.45, 7) is 0. The first-order valence-corrected chi connectivity index (χ1v) is 6.14. The molecule has 0 amide bonds. The van der Waals surface area contributed by atoms with E-state index >= 15 is 0 Å². The van der Waals surface area contributed by atoms with Gasteiger partial charge < -0.3 is 4.42 Å². The molecule has 0 bridgehead atoms. The Kier molecular flexibility index (Phi) is 2.75. The van der Waals surface area contributed by atoms with E-state index in [-0.39, 0.29) is 5.69 Å². The van der Waals surface area contributed by atoms with Gasteiger partial charge in [-0.1, -0.05) is 15.9 Å². The van der Waals surface area contributed by atoms with Gasteiger partial charge in [0.15, 0.2) is 5.76 Å². The molecule has 1 aromatic carbocycles. The average molecular weight is 321 g/mol. The van der Waals surface area contributed by atoms with Crippen molar-refractivity contribution >= 4 is 27.5 Å². The zero-order valence-corrected chi connectivity index (χ0v) is 11.1. The molecule has 94 valence electrons. The van der Waals surface area contributed by atoms with Crippen LogP contribution in [-0.2, 0) is 0 Å². The van der Waals surface area contributed by atoms with Crippen molar-refractivity contribution in [3.05, 3.63) is 57.4 Å². The SMILES string of the molecule is O=[N+]([O-])c1cc(Br)cc(-c2c[n+]3cccnc3o2)c1. The summed E-state index contributed by atoms with van der Waals surface area (Å²) in [7, 11) is 0. The van der Waals surface area contributed by atoms with Gasteiger partial charge in [0.1, 0.15) is 18.6 Å². The van der Waals surface area contributed by atoms with E-state index in [1.54, 1.807) is 35.1 Å². The Bertz CT molecular complexity index is 752. The molecule has 0 aliphatic carbocycles. The molecule has 3 aromatic rings. The van der Waals surface area contributed by atoms with Crippen molar-refractivity contribution in [2.75, 3.05) is 0 Å². The zero-order valence-electron chi connectivity index (χ0n) is 9.49. The van der Waals surface area contributed by atoms with Crippen LogP contribution in [-0.4, -0.2) is 9.91 Å². The Morgan fingerprint density at radius 3 is 2.95 bits per heavy atom. The van der Waals surface area contributed by atoms with Gasteiger partial charge in [-0.15, -0.1) is 0 Å². The van der Waals surface area contributed by atoms with E-state index in [0.717, 1.165) is 0 Å². The molecule has 0 saturated heterocycles. The molecule has 7 heteroatoms. The van der Waals surface area contributed by atoms with Crippen LogP contribution < -0.4 is 4.40 Å². The number of oxazole rings is 1. The van der Waals surface area contributed by atoms with E-state index in [9.17, 15) is 10.1 Å². The second-order valence-corrected chi connectivity index (χ2v) is 4.78. The van der Waals surface area contributed by atoms with Crippen LogP contribution in [0.3, 0.4) is 0 Å². The average Bonchev–Trinajstić information content (AvgIpc) is 2.81. The van der Waals surface area contributed by atoms with Crippen molar-refractivity contribution in [2.45, 2.75) is 0 Å². The molecule has 0 aliphatic rings. The summed E-state index contributed by atoms with van der Waals surface area (Å²) in [5.74, 6) is 0.947. The van der Waals surface area contributed by atoms with Gasteiger partial charge >= 0.3 is 5.84 Å². The number of hydrogen-bond donors (Lipinski definition) is 0. The van der Waals surface area contributed by atoms with Crippen LogP contribution in [0.15, 0.2) is 51.7 Å². The number of non-ortho nitro benzene ring substituents is 1. The lowest BCUT2D eigenvalue weighted by atomic mass is 10.1. The van der Waals surface area contributed by atoms with E-state index in [1.165, 1.54) is 12.1 Å². The van der Waals surface area contributed by atoms with Crippen LogP contribution in [0.5, 0.6) is 0 Å². The molecule has 3 rings (SSSR count). The largest absolute Gasteiger partial charge is 0.508 e. The molecule has 2 aromatic heterocycles. The minimum Gasteiger partial charge on any atom is -0.384 e. The lowest BCUT2D eigenvalue weighted by Crippen LogP contribution is -2.17. The van der Waals surface area contributed by atoms with Gasteiger partial charge in [0.25, 0.3) is 5.69 Å². The van der Waals surface area contributed by atoms with Gasteiger partial charge in [0, 0.05) is 28.2 Å². The number of nitro benzene ring substituents is 1. The zero-order chi connectivity index (χ0) is 13.4. The highest BCUT2D eigenvalue weighted by Crippen LogP contribution is 2.28.